The number of methoxy groups -OCH3 is 1. The van der Waals surface area contributed by atoms with Gasteiger partial charge in [0.2, 0.25) is 5.91 Å². The maximum Gasteiger partial charge on any atom is 0.225 e. The van der Waals surface area contributed by atoms with Gasteiger partial charge in [-0.15, -0.1) is 0 Å². The molecule has 2 aliphatic carbocycles. The Kier molecular flexibility index (Phi) is 5.08. The lowest BCUT2D eigenvalue weighted by Crippen LogP contribution is -2.49. The first kappa shape index (κ1) is 18.5. The van der Waals surface area contributed by atoms with Gasteiger partial charge >= 0.3 is 0 Å². The average Bonchev–Trinajstić information content (AvgIpc) is 3.23. The number of fused-ring (bicyclic) bond motifs is 1. The number of hydrogen-bond donors (Lipinski definition) is 0. The summed E-state index contributed by atoms with van der Waals surface area (Å²) in [5, 5.41) is 0. The Balaban J connectivity index is 1.39. The minimum Gasteiger partial charge on any atom is -0.497 e. The van der Waals surface area contributed by atoms with Crippen molar-refractivity contribution in [2.24, 2.45) is 17.8 Å². The van der Waals surface area contributed by atoms with E-state index in [1.807, 2.05) is 6.07 Å². The number of nitrogens with zero attached hydrogens (tertiary/aromatic N) is 2. The van der Waals surface area contributed by atoms with Gasteiger partial charge in [0.25, 0.3) is 0 Å². The van der Waals surface area contributed by atoms with Crippen molar-refractivity contribution in [3.05, 3.63) is 29.8 Å². The van der Waals surface area contributed by atoms with Gasteiger partial charge in [-0.1, -0.05) is 25.0 Å². The molecule has 2 heterocycles. The molecule has 2 saturated carbocycles. The highest BCUT2D eigenvalue weighted by Crippen LogP contribution is 2.44. The summed E-state index contributed by atoms with van der Waals surface area (Å²) in [6, 6.07) is 9.01. The van der Waals surface area contributed by atoms with Crippen LogP contribution in [0.25, 0.3) is 0 Å². The van der Waals surface area contributed by atoms with Crippen molar-refractivity contribution in [3.8, 4) is 5.75 Å². The molecule has 0 bridgehead atoms. The third kappa shape index (κ3) is 3.56. The predicted molar refractivity (Wildman–Crippen MR) is 110 cm³/mol. The number of carbonyl (C=O) groups excluding carboxylic acids is 1. The molecule has 4 fully saturated rings. The van der Waals surface area contributed by atoms with Crippen LogP contribution >= 0.6 is 0 Å². The van der Waals surface area contributed by atoms with Crippen molar-refractivity contribution < 1.29 is 9.53 Å². The Hall–Kier alpha value is -1.55. The summed E-state index contributed by atoms with van der Waals surface area (Å²) in [5.74, 6) is 3.60. The smallest absolute Gasteiger partial charge is 0.225 e. The lowest BCUT2D eigenvalue weighted by Gasteiger charge is -2.39. The van der Waals surface area contributed by atoms with Gasteiger partial charge in [-0.3, -0.25) is 4.79 Å². The molecular weight excluding hydrogens is 348 g/mol. The van der Waals surface area contributed by atoms with E-state index >= 15 is 0 Å². The highest BCUT2D eigenvalue weighted by atomic mass is 16.5. The lowest BCUT2D eigenvalue weighted by atomic mass is 9.81. The van der Waals surface area contributed by atoms with Crippen LogP contribution in [-0.2, 0) is 4.79 Å². The van der Waals surface area contributed by atoms with Crippen molar-refractivity contribution >= 4 is 5.91 Å². The molecule has 0 radical (unpaired) electrons. The molecule has 0 unspecified atom stereocenters. The normalized spacial score (nSPS) is 31.2. The number of benzene rings is 1. The number of rotatable bonds is 5. The number of hydrogen-bond acceptors (Lipinski definition) is 3. The summed E-state index contributed by atoms with van der Waals surface area (Å²) >= 11 is 0. The maximum absolute atomic E-state index is 13.4. The lowest BCUT2D eigenvalue weighted by molar-refractivity contribution is -0.137. The Morgan fingerprint density at radius 3 is 2.68 bits per heavy atom. The van der Waals surface area contributed by atoms with Crippen molar-refractivity contribution in [3.63, 3.8) is 0 Å². The molecule has 0 spiro atoms. The number of amides is 1. The molecule has 0 aromatic heterocycles. The van der Waals surface area contributed by atoms with Crippen LogP contribution in [0.3, 0.4) is 0 Å². The van der Waals surface area contributed by atoms with Crippen LogP contribution in [-0.4, -0.2) is 55.0 Å². The molecule has 4 heteroatoms. The second-order valence-electron chi connectivity index (χ2n) is 9.58. The van der Waals surface area contributed by atoms with Gasteiger partial charge in [0, 0.05) is 50.0 Å². The Bertz CT molecular complexity index is 710. The zero-order valence-electron chi connectivity index (χ0n) is 17.2. The Morgan fingerprint density at radius 2 is 1.93 bits per heavy atom. The molecule has 5 rings (SSSR count). The SMILES string of the molecule is COc1cccc([C@H]2CN(C(=O)C3CCCC3)[C@@H]3CCN(CC4CC4)C[C@H]23)c1. The van der Waals surface area contributed by atoms with E-state index in [2.05, 4.69) is 28.0 Å². The fraction of sp³-hybridized carbons (Fsp3) is 0.708. The summed E-state index contributed by atoms with van der Waals surface area (Å²) in [7, 11) is 1.74. The second-order valence-corrected chi connectivity index (χ2v) is 9.58. The van der Waals surface area contributed by atoms with Crippen molar-refractivity contribution in [2.45, 2.75) is 56.9 Å². The van der Waals surface area contributed by atoms with Gasteiger partial charge in [0.05, 0.1) is 7.11 Å². The highest BCUT2D eigenvalue weighted by Gasteiger charge is 2.48. The fourth-order valence-corrected chi connectivity index (χ4v) is 6.02. The molecule has 152 valence electrons. The van der Waals surface area contributed by atoms with Crippen molar-refractivity contribution in [1.29, 1.82) is 0 Å². The van der Waals surface area contributed by atoms with E-state index in [-0.39, 0.29) is 5.92 Å². The molecule has 2 aliphatic heterocycles. The minimum absolute atomic E-state index is 0.286. The monoisotopic (exact) mass is 382 g/mol. The average molecular weight is 383 g/mol. The van der Waals surface area contributed by atoms with E-state index in [1.165, 1.54) is 37.8 Å². The largest absolute Gasteiger partial charge is 0.497 e. The maximum atomic E-state index is 13.4. The van der Waals surface area contributed by atoms with Gasteiger partial charge < -0.3 is 14.5 Å². The van der Waals surface area contributed by atoms with E-state index in [0.717, 1.165) is 50.6 Å². The quantitative estimate of drug-likeness (QED) is 0.774. The first-order valence-corrected chi connectivity index (χ1v) is 11.4. The molecular formula is C24H34N2O2. The number of likely N-dealkylation sites (tertiary alicyclic amines) is 2. The van der Waals surface area contributed by atoms with E-state index in [0.29, 0.717) is 23.8 Å². The molecule has 4 aliphatic rings. The first-order valence-electron chi connectivity index (χ1n) is 11.4. The number of carbonyl (C=O) groups is 1. The first-order chi connectivity index (χ1) is 13.7. The zero-order chi connectivity index (χ0) is 19.1. The number of ether oxygens (including phenoxy) is 1. The van der Waals surface area contributed by atoms with Gasteiger partial charge in [0.1, 0.15) is 5.75 Å². The van der Waals surface area contributed by atoms with Gasteiger partial charge in [-0.25, -0.2) is 0 Å². The van der Waals surface area contributed by atoms with Gasteiger partial charge in [-0.2, -0.15) is 0 Å². The molecule has 1 aromatic rings. The van der Waals surface area contributed by atoms with Crippen LogP contribution in [0.15, 0.2) is 24.3 Å². The van der Waals surface area contributed by atoms with E-state index < -0.39 is 0 Å². The number of piperidine rings is 1. The van der Waals surface area contributed by atoms with Crippen LogP contribution in [0, 0.1) is 17.8 Å². The topological polar surface area (TPSA) is 32.8 Å². The molecule has 3 atom stereocenters. The van der Waals surface area contributed by atoms with Crippen LogP contribution in [0.5, 0.6) is 5.75 Å². The van der Waals surface area contributed by atoms with E-state index in [1.54, 1.807) is 7.11 Å². The molecule has 1 aromatic carbocycles. The van der Waals surface area contributed by atoms with Crippen molar-refractivity contribution in [2.75, 3.05) is 33.3 Å². The van der Waals surface area contributed by atoms with Crippen LogP contribution in [0.4, 0.5) is 0 Å². The van der Waals surface area contributed by atoms with Gasteiger partial charge in [0.15, 0.2) is 0 Å². The standard InChI is InChI=1S/C24H34N2O2/c1-28-20-8-4-7-19(13-20)21-16-26(24(27)18-5-2-3-6-18)23-11-12-25(15-22(21)23)14-17-9-10-17/h4,7-8,13,17-18,21-23H,2-3,5-6,9-12,14-16H2,1H3/t21-,22-,23-/m1/s1. The third-order valence-corrected chi connectivity index (χ3v) is 7.74. The van der Waals surface area contributed by atoms with E-state index in [4.69, 9.17) is 4.74 Å². The van der Waals surface area contributed by atoms with E-state index in [9.17, 15) is 4.79 Å². The van der Waals surface area contributed by atoms with Crippen molar-refractivity contribution in [1.82, 2.24) is 9.80 Å². The van der Waals surface area contributed by atoms with Gasteiger partial charge in [-0.05, 0) is 55.7 Å². The van der Waals surface area contributed by atoms with Crippen LogP contribution in [0.1, 0.15) is 56.4 Å². The minimum atomic E-state index is 0.286. The summed E-state index contributed by atoms with van der Waals surface area (Å²) in [6.45, 7) is 4.48. The summed E-state index contributed by atoms with van der Waals surface area (Å²) < 4.78 is 5.50. The molecule has 1 amide bonds. The molecule has 4 nitrogen and oxygen atoms in total. The zero-order valence-corrected chi connectivity index (χ0v) is 17.2. The summed E-state index contributed by atoms with van der Waals surface area (Å²) in [4.78, 5) is 18.4. The van der Waals surface area contributed by atoms with Crippen LogP contribution < -0.4 is 4.74 Å². The van der Waals surface area contributed by atoms with Crippen LogP contribution in [0.2, 0.25) is 0 Å². The molecule has 2 saturated heterocycles. The highest BCUT2D eigenvalue weighted by molar-refractivity contribution is 5.80. The molecule has 28 heavy (non-hydrogen) atoms. The second kappa shape index (κ2) is 7.70. The Labute approximate surface area is 169 Å². The summed E-state index contributed by atoms with van der Waals surface area (Å²) in [5.41, 5.74) is 1.35. The summed E-state index contributed by atoms with van der Waals surface area (Å²) in [6.07, 6.45) is 8.64. The third-order valence-electron chi connectivity index (χ3n) is 7.74. The Morgan fingerprint density at radius 1 is 1.11 bits per heavy atom. The predicted octanol–water partition coefficient (Wildman–Crippen LogP) is 3.91. The fourth-order valence-electron chi connectivity index (χ4n) is 6.02. The molecule has 0 N–H and O–H groups in total.